The van der Waals surface area contributed by atoms with Crippen molar-refractivity contribution in [3.63, 3.8) is 0 Å². The number of piperidine rings is 1. The lowest BCUT2D eigenvalue weighted by atomic mass is 9.99. The van der Waals surface area contributed by atoms with Crippen LogP contribution in [0.3, 0.4) is 0 Å². The van der Waals surface area contributed by atoms with Crippen molar-refractivity contribution in [3.8, 4) is 5.88 Å². The minimum atomic E-state index is -4.91. The van der Waals surface area contributed by atoms with Crippen LogP contribution in [0.2, 0.25) is 0 Å². The molecule has 0 spiro atoms. The molecule has 1 fully saturated rings. The van der Waals surface area contributed by atoms with Crippen LogP contribution in [0.25, 0.3) is 0 Å². The van der Waals surface area contributed by atoms with Gasteiger partial charge in [0.05, 0.1) is 12.1 Å². The molecule has 0 aromatic carbocycles. The van der Waals surface area contributed by atoms with E-state index in [1.807, 2.05) is 0 Å². The van der Waals surface area contributed by atoms with Gasteiger partial charge in [-0.2, -0.15) is 23.0 Å². The number of hydrogen-bond donors (Lipinski definition) is 3. The predicted molar refractivity (Wildman–Crippen MR) is 108 cm³/mol. The van der Waals surface area contributed by atoms with Gasteiger partial charge in [-0.15, -0.1) is 0 Å². The number of carboxylic acid groups (broad SMARTS) is 1. The number of alkyl halides is 3. The van der Waals surface area contributed by atoms with Crippen LogP contribution in [-0.2, 0) is 24.4 Å². The second-order valence-electron chi connectivity index (χ2n) is 6.61. The monoisotopic (exact) mass is 516 g/mol. The standard InChI is InChI=1S/C15H20FN3O5S.C3H4F3NO2/c16-12(9-17)5-8-24-14-2-1-13(10-18-14)25(22,23)19-6-3-11(4-7-19)15(20)21;1-7-9-2(8)3(4,5)6/h1-2,5,10-11H,3-4,6-9,17H2,(H,20,21);7H,1H3/b12-5-;. The number of carbonyl (C=O) groups is 2. The van der Waals surface area contributed by atoms with Crippen LogP contribution in [0.5, 0.6) is 5.88 Å². The van der Waals surface area contributed by atoms with Crippen molar-refractivity contribution in [2.45, 2.75) is 23.9 Å². The zero-order chi connectivity index (χ0) is 25.9. The topological polar surface area (TPSA) is 161 Å². The molecule has 0 amide bonds. The number of halogens is 4. The maximum atomic E-state index is 12.9. The highest BCUT2D eigenvalue weighted by molar-refractivity contribution is 7.89. The molecule has 0 radical (unpaired) electrons. The number of carbonyl (C=O) groups excluding carboxylic acids is 1. The number of hydroxylamine groups is 1. The lowest BCUT2D eigenvalue weighted by Gasteiger charge is -2.29. The second kappa shape index (κ2) is 13.2. The van der Waals surface area contributed by atoms with Gasteiger partial charge in [0.25, 0.3) is 0 Å². The van der Waals surface area contributed by atoms with Crippen LogP contribution in [0, 0.1) is 5.92 Å². The van der Waals surface area contributed by atoms with Crippen LogP contribution < -0.4 is 16.0 Å². The smallest absolute Gasteiger partial charge is 0.481 e. The van der Waals surface area contributed by atoms with Gasteiger partial charge in [0, 0.05) is 32.7 Å². The molecule has 1 aromatic heterocycles. The Morgan fingerprint density at radius 2 is 1.94 bits per heavy atom. The molecule has 16 heteroatoms. The zero-order valence-electron chi connectivity index (χ0n) is 17.9. The van der Waals surface area contributed by atoms with Gasteiger partial charge in [-0.3, -0.25) is 4.79 Å². The summed E-state index contributed by atoms with van der Waals surface area (Å²) in [5, 5.41) is 8.97. The normalized spacial score (nSPS) is 15.8. The number of aromatic nitrogens is 1. The largest absolute Gasteiger partial charge is 0.492 e. The van der Waals surface area contributed by atoms with E-state index in [9.17, 15) is 35.6 Å². The van der Waals surface area contributed by atoms with Crippen LogP contribution in [-0.4, -0.2) is 74.2 Å². The summed E-state index contributed by atoms with van der Waals surface area (Å²) in [6.45, 7) is 0.0266. The first-order chi connectivity index (χ1) is 15.8. The van der Waals surface area contributed by atoms with Crippen molar-refractivity contribution in [3.05, 3.63) is 30.2 Å². The fourth-order valence-corrected chi connectivity index (χ4v) is 3.96. The molecule has 1 aliphatic heterocycles. The fraction of sp³-hybridized carbons (Fsp3) is 0.500. The van der Waals surface area contributed by atoms with Crippen LogP contribution in [0.4, 0.5) is 17.6 Å². The van der Waals surface area contributed by atoms with Gasteiger partial charge in [-0.25, -0.2) is 22.6 Å². The third kappa shape index (κ3) is 9.20. The lowest BCUT2D eigenvalue weighted by Crippen LogP contribution is -2.40. The molecule has 0 aliphatic carbocycles. The van der Waals surface area contributed by atoms with Crippen molar-refractivity contribution in [2.75, 3.05) is 33.3 Å². The minimum absolute atomic E-state index is 0.00249. The average Bonchev–Trinajstić information content (AvgIpc) is 2.79. The fourth-order valence-electron chi connectivity index (χ4n) is 2.55. The number of rotatable bonds is 8. The molecule has 0 saturated carbocycles. The molecule has 11 nitrogen and oxygen atoms in total. The number of sulfonamides is 1. The molecular weight excluding hydrogens is 492 g/mol. The Labute approximate surface area is 192 Å². The number of ether oxygens (including phenoxy) is 1. The van der Waals surface area contributed by atoms with E-state index < -0.39 is 39.9 Å². The number of aliphatic carboxylic acids is 1. The summed E-state index contributed by atoms with van der Waals surface area (Å²) < 4.78 is 77.7. The van der Waals surface area contributed by atoms with Gasteiger partial charge >= 0.3 is 18.1 Å². The molecule has 34 heavy (non-hydrogen) atoms. The SMILES string of the molecule is CNOC(=O)C(F)(F)F.NC/C(F)=C/COc1ccc(S(=O)(=O)N2CCC(C(=O)O)CC2)cn1. The van der Waals surface area contributed by atoms with E-state index in [2.05, 4.69) is 9.82 Å². The summed E-state index contributed by atoms with van der Waals surface area (Å²) in [5.74, 6) is -4.01. The van der Waals surface area contributed by atoms with Crippen molar-refractivity contribution in [1.29, 1.82) is 0 Å². The molecule has 192 valence electrons. The number of nitrogens with one attached hydrogen (secondary N) is 1. The van der Waals surface area contributed by atoms with Crippen LogP contribution in [0.15, 0.2) is 35.1 Å². The van der Waals surface area contributed by atoms with E-state index >= 15 is 0 Å². The Morgan fingerprint density at radius 3 is 2.35 bits per heavy atom. The van der Waals surface area contributed by atoms with Gasteiger partial charge in [0.2, 0.25) is 15.9 Å². The van der Waals surface area contributed by atoms with Gasteiger partial charge in [-0.1, -0.05) is 0 Å². The summed E-state index contributed by atoms with van der Waals surface area (Å²) in [4.78, 5) is 27.9. The summed E-state index contributed by atoms with van der Waals surface area (Å²) in [6.07, 6.45) is -2.02. The average molecular weight is 516 g/mol. The summed E-state index contributed by atoms with van der Waals surface area (Å²) >= 11 is 0. The minimum Gasteiger partial charge on any atom is -0.481 e. The van der Waals surface area contributed by atoms with Crippen molar-refractivity contribution in [2.24, 2.45) is 11.7 Å². The summed E-state index contributed by atoms with van der Waals surface area (Å²) in [6, 6.07) is 2.73. The molecule has 2 heterocycles. The molecule has 1 aliphatic rings. The Hall–Kier alpha value is -2.82. The van der Waals surface area contributed by atoms with E-state index in [1.54, 1.807) is 5.48 Å². The molecule has 1 saturated heterocycles. The maximum absolute atomic E-state index is 12.9. The molecular formula is C18H24F4N4O7S. The van der Waals surface area contributed by atoms with Gasteiger partial charge < -0.3 is 20.4 Å². The number of nitrogens with zero attached hydrogens (tertiary/aromatic N) is 2. The van der Waals surface area contributed by atoms with E-state index in [-0.39, 0.29) is 49.9 Å². The highest BCUT2D eigenvalue weighted by Gasteiger charge is 2.41. The van der Waals surface area contributed by atoms with Crippen molar-refractivity contribution >= 4 is 22.0 Å². The Kier molecular flexibility index (Phi) is 11.3. The first-order valence-electron chi connectivity index (χ1n) is 9.64. The van der Waals surface area contributed by atoms with Crippen LogP contribution >= 0.6 is 0 Å². The Balaban J connectivity index is 0.000000546. The second-order valence-corrected chi connectivity index (χ2v) is 8.54. The number of nitrogens with two attached hydrogens (primary N) is 1. The molecule has 0 atom stereocenters. The molecule has 4 N–H and O–H groups in total. The van der Waals surface area contributed by atoms with Crippen LogP contribution in [0.1, 0.15) is 12.8 Å². The lowest BCUT2D eigenvalue weighted by molar-refractivity contribution is -0.205. The molecule has 2 rings (SSSR count). The quantitative estimate of drug-likeness (QED) is 0.336. The zero-order valence-corrected chi connectivity index (χ0v) is 18.7. The van der Waals surface area contributed by atoms with E-state index in [0.717, 1.165) is 13.2 Å². The first kappa shape index (κ1) is 29.2. The predicted octanol–water partition coefficient (Wildman–Crippen LogP) is 0.984. The number of carboxylic acids is 1. The summed E-state index contributed by atoms with van der Waals surface area (Å²) in [7, 11) is -2.67. The highest BCUT2D eigenvalue weighted by Crippen LogP contribution is 2.24. The van der Waals surface area contributed by atoms with Crippen molar-refractivity contribution < 1.29 is 50.2 Å². The molecule has 0 bridgehead atoms. The molecule has 0 unspecified atom stereocenters. The van der Waals surface area contributed by atoms with Gasteiger partial charge in [0.15, 0.2) is 0 Å². The highest BCUT2D eigenvalue weighted by atomic mass is 32.2. The van der Waals surface area contributed by atoms with E-state index in [4.69, 9.17) is 15.6 Å². The molecule has 1 aromatic rings. The van der Waals surface area contributed by atoms with E-state index in [0.29, 0.717) is 0 Å². The van der Waals surface area contributed by atoms with Gasteiger partial charge in [0.1, 0.15) is 17.3 Å². The summed E-state index contributed by atoms with van der Waals surface area (Å²) in [5.41, 5.74) is 6.70. The Morgan fingerprint density at radius 1 is 1.32 bits per heavy atom. The van der Waals surface area contributed by atoms with Crippen molar-refractivity contribution in [1.82, 2.24) is 14.8 Å². The maximum Gasteiger partial charge on any atom is 0.492 e. The number of pyridine rings is 1. The third-order valence-corrected chi connectivity index (χ3v) is 6.19. The third-order valence-electron chi connectivity index (χ3n) is 4.31. The Bertz CT molecular complexity index is 948. The first-order valence-corrected chi connectivity index (χ1v) is 11.1. The van der Waals surface area contributed by atoms with E-state index in [1.165, 1.54) is 22.5 Å². The van der Waals surface area contributed by atoms with Gasteiger partial charge in [-0.05, 0) is 25.0 Å². The number of hydrogen-bond acceptors (Lipinski definition) is 9.